The van der Waals surface area contributed by atoms with E-state index >= 15 is 0 Å². The first-order chi connectivity index (χ1) is 12.7. The van der Waals surface area contributed by atoms with Gasteiger partial charge in [-0.2, -0.15) is 0 Å². The lowest BCUT2D eigenvalue weighted by atomic mass is 10.2. The average Bonchev–Trinajstić information content (AvgIpc) is 2.87. The molecule has 2 N–H and O–H groups in total. The van der Waals surface area contributed by atoms with Crippen molar-refractivity contribution in [1.29, 1.82) is 0 Å². The van der Waals surface area contributed by atoms with Gasteiger partial charge in [0.05, 0.1) is 11.6 Å². The number of thioether (sulfide) groups is 1. The van der Waals surface area contributed by atoms with Crippen LogP contribution in [-0.4, -0.2) is 59.1 Å². The topological polar surface area (TPSA) is 90.9 Å². The number of amides is 3. The van der Waals surface area contributed by atoms with Crippen molar-refractivity contribution in [3.05, 3.63) is 30.1 Å². The molecule has 0 bridgehead atoms. The number of benzene rings is 1. The minimum atomic E-state index is -0.585. The molecule has 1 aromatic carbocycles. The number of anilines is 1. The zero-order chi connectivity index (χ0) is 20.0. The second-order valence-electron chi connectivity index (χ2n) is 6.60. The lowest BCUT2D eigenvalue weighted by molar-refractivity contribution is -0.122. The van der Waals surface area contributed by atoms with Crippen molar-refractivity contribution in [2.45, 2.75) is 31.6 Å². The van der Waals surface area contributed by atoms with Crippen molar-refractivity contribution in [3.8, 4) is 0 Å². The standard InChI is InChI=1S/C18H23FN4O3S/c1-11(2)20-16(25)9-23(3)10-17-22-18(26)14(27-17)8-15(24)21-13-6-4-12(19)5-7-13/h4-7,11,14H,8-10H2,1-3H3,(H,20,25)(H,21,24)/t14-/m0/s1. The molecule has 0 radical (unpaired) electrons. The van der Waals surface area contributed by atoms with E-state index in [9.17, 15) is 18.8 Å². The Hall–Kier alpha value is -2.26. The van der Waals surface area contributed by atoms with Crippen LogP contribution in [0.1, 0.15) is 20.3 Å². The molecule has 1 aliphatic rings. The van der Waals surface area contributed by atoms with Crippen molar-refractivity contribution in [3.63, 3.8) is 0 Å². The van der Waals surface area contributed by atoms with E-state index in [0.29, 0.717) is 17.3 Å². The molecule has 2 rings (SSSR count). The van der Waals surface area contributed by atoms with Crippen molar-refractivity contribution < 1.29 is 18.8 Å². The number of nitrogens with one attached hydrogen (secondary N) is 2. The van der Waals surface area contributed by atoms with E-state index in [2.05, 4.69) is 15.6 Å². The van der Waals surface area contributed by atoms with Gasteiger partial charge in [0.15, 0.2) is 0 Å². The Bertz CT molecular complexity index is 737. The highest BCUT2D eigenvalue weighted by Gasteiger charge is 2.31. The Morgan fingerprint density at radius 3 is 2.56 bits per heavy atom. The zero-order valence-electron chi connectivity index (χ0n) is 15.5. The average molecular weight is 394 g/mol. The molecule has 1 aromatic rings. The molecule has 9 heteroatoms. The predicted molar refractivity (Wildman–Crippen MR) is 104 cm³/mol. The molecule has 0 fully saturated rings. The number of carbonyl (C=O) groups excluding carboxylic acids is 3. The summed E-state index contributed by atoms with van der Waals surface area (Å²) in [5.41, 5.74) is 0.467. The fourth-order valence-electron chi connectivity index (χ4n) is 2.45. The third kappa shape index (κ3) is 7.10. The molecule has 0 spiro atoms. The molecular formula is C18H23FN4O3S. The fourth-order valence-corrected chi connectivity index (χ4v) is 3.60. The fraction of sp³-hybridized carbons (Fsp3) is 0.444. The maximum absolute atomic E-state index is 12.9. The Morgan fingerprint density at radius 1 is 1.26 bits per heavy atom. The predicted octanol–water partition coefficient (Wildman–Crippen LogP) is 1.65. The van der Waals surface area contributed by atoms with Gasteiger partial charge in [0.2, 0.25) is 11.8 Å². The highest BCUT2D eigenvalue weighted by atomic mass is 32.2. The Morgan fingerprint density at radius 2 is 1.93 bits per heavy atom. The maximum atomic E-state index is 12.9. The third-order valence-corrected chi connectivity index (χ3v) is 4.70. The van der Waals surface area contributed by atoms with Crippen molar-refractivity contribution >= 4 is 40.2 Å². The Labute approximate surface area is 161 Å². The monoisotopic (exact) mass is 394 g/mol. The van der Waals surface area contributed by atoms with Crippen LogP contribution in [0.2, 0.25) is 0 Å². The van der Waals surface area contributed by atoms with Crippen molar-refractivity contribution in [2.24, 2.45) is 4.99 Å². The van der Waals surface area contributed by atoms with Gasteiger partial charge in [-0.05, 0) is 45.2 Å². The van der Waals surface area contributed by atoms with E-state index < -0.39 is 11.1 Å². The zero-order valence-corrected chi connectivity index (χ0v) is 16.3. The summed E-state index contributed by atoms with van der Waals surface area (Å²) in [5.74, 6) is -1.19. The summed E-state index contributed by atoms with van der Waals surface area (Å²) in [6.07, 6.45) is -0.0224. The molecular weight excluding hydrogens is 371 g/mol. The van der Waals surface area contributed by atoms with Crippen LogP contribution in [0.5, 0.6) is 0 Å². The van der Waals surface area contributed by atoms with Gasteiger partial charge in [-0.1, -0.05) is 11.8 Å². The van der Waals surface area contributed by atoms with Crippen LogP contribution in [-0.2, 0) is 14.4 Å². The Balaban J connectivity index is 1.79. The minimum absolute atomic E-state index is 0.0224. The highest BCUT2D eigenvalue weighted by Crippen LogP contribution is 2.26. The van der Waals surface area contributed by atoms with Gasteiger partial charge >= 0.3 is 0 Å². The van der Waals surface area contributed by atoms with Crippen molar-refractivity contribution in [1.82, 2.24) is 10.2 Å². The summed E-state index contributed by atoms with van der Waals surface area (Å²) in [6, 6.07) is 5.47. The number of nitrogens with zero attached hydrogens (tertiary/aromatic N) is 2. The highest BCUT2D eigenvalue weighted by molar-refractivity contribution is 8.15. The number of aliphatic imine (C=N–C) groups is 1. The molecule has 0 aromatic heterocycles. The molecule has 1 atom stereocenters. The molecule has 0 unspecified atom stereocenters. The lowest BCUT2D eigenvalue weighted by Gasteiger charge is -2.17. The van der Waals surface area contributed by atoms with E-state index in [0.717, 1.165) is 0 Å². The van der Waals surface area contributed by atoms with Crippen LogP contribution in [0, 0.1) is 5.82 Å². The van der Waals surface area contributed by atoms with E-state index in [1.54, 1.807) is 11.9 Å². The molecule has 0 saturated carbocycles. The summed E-state index contributed by atoms with van der Waals surface area (Å²) in [7, 11) is 1.77. The third-order valence-electron chi connectivity index (χ3n) is 3.56. The minimum Gasteiger partial charge on any atom is -0.353 e. The number of rotatable bonds is 8. The molecule has 3 amide bonds. The summed E-state index contributed by atoms with van der Waals surface area (Å²) in [4.78, 5) is 41.6. The molecule has 1 aliphatic heterocycles. The number of carbonyl (C=O) groups is 3. The summed E-state index contributed by atoms with van der Waals surface area (Å²) in [6.45, 7) is 4.32. The second kappa shape index (κ2) is 9.61. The quantitative estimate of drug-likeness (QED) is 0.700. The number of halogens is 1. The van der Waals surface area contributed by atoms with E-state index in [4.69, 9.17) is 0 Å². The first-order valence-corrected chi connectivity index (χ1v) is 9.42. The van der Waals surface area contributed by atoms with Gasteiger partial charge in [-0.15, -0.1) is 0 Å². The van der Waals surface area contributed by atoms with Crippen molar-refractivity contribution in [2.75, 3.05) is 25.5 Å². The first-order valence-electron chi connectivity index (χ1n) is 8.54. The Kier molecular flexibility index (Phi) is 7.49. The van der Waals surface area contributed by atoms with Gasteiger partial charge in [-0.25, -0.2) is 9.38 Å². The molecule has 1 heterocycles. The van der Waals surface area contributed by atoms with Gasteiger partial charge in [0.25, 0.3) is 5.91 Å². The van der Waals surface area contributed by atoms with E-state index in [-0.39, 0.29) is 36.7 Å². The van der Waals surface area contributed by atoms with Crippen LogP contribution in [0.25, 0.3) is 0 Å². The number of likely N-dealkylation sites (N-methyl/N-ethyl adjacent to an activating group) is 1. The van der Waals surface area contributed by atoms with E-state index in [1.165, 1.54) is 36.0 Å². The van der Waals surface area contributed by atoms with Crippen LogP contribution in [0.4, 0.5) is 10.1 Å². The smallest absolute Gasteiger partial charge is 0.260 e. The largest absolute Gasteiger partial charge is 0.353 e. The number of hydrogen-bond acceptors (Lipinski definition) is 5. The molecule has 7 nitrogen and oxygen atoms in total. The van der Waals surface area contributed by atoms with Crippen LogP contribution in [0.15, 0.2) is 29.3 Å². The van der Waals surface area contributed by atoms with E-state index in [1.807, 2.05) is 13.8 Å². The molecule has 0 aliphatic carbocycles. The van der Waals surface area contributed by atoms with Gasteiger partial charge < -0.3 is 10.6 Å². The van der Waals surface area contributed by atoms with Crippen LogP contribution in [0.3, 0.4) is 0 Å². The molecule has 27 heavy (non-hydrogen) atoms. The molecule has 0 saturated heterocycles. The second-order valence-corrected chi connectivity index (χ2v) is 7.88. The summed E-state index contributed by atoms with van der Waals surface area (Å²) >= 11 is 1.24. The number of hydrogen-bond donors (Lipinski definition) is 2. The molecule has 146 valence electrons. The SMILES string of the molecule is CC(C)NC(=O)CN(C)CC1=NC(=O)[C@H](CC(=O)Nc2ccc(F)cc2)S1. The first kappa shape index (κ1) is 21.0. The van der Waals surface area contributed by atoms with Crippen LogP contribution >= 0.6 is 11.8 Å². The normalized spacial score (nSPS) is 16.6. The van der Waals surface area contributed by atoms with Gasteiger partial charge in [0.1, 0.15) is 11.1 Å². The lowest BCUT2D eigenvalue weighted by Crippen LogP contribution is -2.39. The summed E-state index contributed by atoms with van der Waals surface area (Å²) < 4.78 is 12.9. The summed E-state index contributed by atoms with van der Waals surface area (Å²) in [5, 5.41) is 5.43. The van der Waals surface area contributed by atoms with Gasteiger partial charge in [-0.3, -0.25) is 19.3 Å². The van der Waals surface area contributed by atoms with Crippen LogP contribution < -0.4 is 10.6 Å². The van der Waals surface area contributed by atoms with Gasteiger partial charge in [0, 0.05) is 24.7 Å². The maximum Gasteiger partial charge on any atom is 0.260 e.